The molecular weight excluding hydrogens is 367 g/mol. The Morgan fingerprint density at radius 1 is 1.00 bits per heavy atom. The number of para-hydroxylation sites is 1. The van der Waals surface area contributed by atoms with Crippen LogP contribution >= 0.6 is 0 Å². The predicted octanol–water partition coefficient (Wildman–Crippen LogP) is 5.51. The van der Waals surface area contributed by atoms with Crippen molar-refractivity contribution in [2.24, 2.45) is 0 Å². The molecule has 7 heteroatoms. The molecule has 0 aliphatic carbocycles. The molecule has 0 atom stereocenters. The smallest absolute Gasteiger partial charge is 0.342 e. The van der Waals surface area contributed by atoms with Gasteiger partial charge in [0.05, 0.1) is 5.56 Å². The van der Waals surface area contributed by atoms with Gasteiger partial charge in [-0.25, -0.2) is 0 Å². The first-order valence-electron chi connectivity index (χ1n) is 8.65. The average molecular weight is 385 g/mol. The van der Waals surface area contributed by atoms with Crippen LogP contribution in [-0.4, -0.2) is 17.4 Å². The second kappa shape index (κ2) is 8.12. The highest BCUT2D eigenvalue weighted by Crippen LogP contribution is 2.30. The zero-order chi connectivity index (χ0) is 20.1. The SMILES string of the molecule is CCN(c1ccccc1)c1ccnc(C(=O)Nc2ccc(C(F)(F)F)cc2)c1. The Morgan fingerprint density at radius 2 is 1.68 bits per heavy atom. The van der Waals surface area contributed by atoms with Crippen LogP contribution in [0.4, 0.5) is 30.2 Å². The summed E-state index contributed by atoms with van der Waals surface area (Å²) in [6, 6.07) is 17.4. The topological polar surface area (TPSA) is 45.2 Å². The van der Waals surface area contributed by atoms with Gasteiger partial charge in [0.15, 0.2) is 0 Å². The molecule has 0 spiro atoms. The van der Waals surface area contributed by atoms with E-state index in [4.69, 9.17) is 0 Å². The van der Waals surface area contributed by atoms with Crippen LogP contribution in [0.5, 0.6) is 0 Å². The summed E-state index contributed by atoms with van der Waals surface area (Å²) >= 11 is 0. The maximum atomic E-state index is 12.6. The van der Waals surface area contributed by atoms with E-state index in [1.807, 2.05) is 42.2 Å². The lowest BCUT2D eigenvalue weighted by atomic mass is 10.2. The molecule has 0 bridgehead atoms. The molecule has 0 saturated carbocycles. The Bertz CT molecular complexity index is 941. The largest absolute Gasteiger partial charge is 0.416 e. The van der Waals surface area contributed by atoms with E-state index in [0.717, 1.165) is 23.5 Å². The van der Waals surface area contributed by atoms with Crippen LogP contribution in [0.3, 0.4) is 0 Å². The third kappa shape index (κ3) is 4.49. The summed E-state index contributed by atoms with van der Waals surface area (Å²) in [5.74, 6) is -0.495. The van der Waals surface area contributed by atoms with Crippen LogP contribution < -0.4 is 10.2 Å². The fourth-order valence-corrected chi connectivity index (χ4v) is 2.77. The molecule has 144 valence electrons. The Morgan fingerprint density at radius 3 is 2.29 bits per heavy atom. The molecule has 3 rings (SSSR count). The molecule has 0 fully saturated rings. The lowest BCUT2D eigenvalue weighted by molar-refractivity contribution is -0.137. The first-order valence-corrected chi connectivity index (χ1v) is 8.65. The summed E-state index contributed by atoms with van der Waals surface area (Å²) in [7, 11) is 0. The van der Waals surface area contributed by atoms with Gasteiger partial charge >= 0.3 is 6.18 Å². The maximum Gasteiger partial charge on any atom is 0.416 e. The summed E-state index contributed by atoms with van der Waals surface area (Å²) in [6.07, 6.45) is -2.89. The summed E-state index contributed by atoms with van der Waals surface area (Å²) in [4.78, 5) is 18.6. The predicted molar refractivity (Wildman–Crippen MR) is 103 cm³/mol. The van der Waals surface area contributed by atoms with Gasteiger partial charge in [-0.15, -0.1) is 0 Å². The van der Waals surface area contributed by atoms with E-state index in [1.54, 1.807) is 12.1 Å². The van der Waals surface area contributed by atoms with Crippen LogP contribution in [0.25, 0.3) is 0 Å². The third-order valence-electron chi connectivity index (χ3n) is 4.14. The van der Waals surface area contributed by atoms with E-state index in [2.05, 4.69) is 10.3 Å². The molecule has 0 aliphatic rings. The standard InChI is InChI=1S/C21H18F3N3O/c1-2-27(17-6-4-3-5-7-17)18-12-13-25-19(14-18)20(28)26-16-10-8-15(9-11-16)21(22,23)24/h3-14H,2H2,1H3,(H,26,28). The van der Waals surface area contributed by atoms with Crippen molar-refractivity contribution < 1.29 is 18.0 Å². The Hall–Kier alpha value is -3.35. The first-order chi connectivity index (χ1) is 13.4. The van der Waals surface area contributed by atoms with Gasteiger partial charge in [0, 0.05) is 29.8 Å². The number of halogens is 3. The van der Waals surface area contributed by atoms with E-state index in [9.17, 15) is 18.0 Å². The maximum absolute atomic E-state index is 12.6. The van der Waals surface area contributed by atoms with Crippen molar-refractivity contribution in [3.8, 4) is 0 Å². The molecular formula is C21H18F3N3O. The molecule has 0 saturated heterocycles. The van der Waals surface area contributed by atoms with Gasteiger partial charge in [-0.05, 0) is 55.5 Å². The highest BCUT2D eigenvalue weighted by molar-refractivity contribution is 6.03. The summed E-state index contributed by atoms with van der Waals surface area (Å²) in [5.41, 5.74) is 1.44. The van der Waals surface area contributed by atoms with Crippen molar-refractivity contribution in [2.45, 2.75) is 13.1 Å². The molecule has 0 radical (unpaired) electrons. The minimum atomic E-state index is -4.42. The number of hydrogen-bond donors (Lipinski definition) is 1. The van der Waals surface area contributed by atoms with Crippen molar-refractivity contribution >= 4 is 23.0 Å². The molecule has 1 aromatic heterocycles. The zero-order valence-electron chi connectivity index (χ0n) is 15.1. The lowest BCUT2D eigenvalue weighted by Crippen LogP contribution is -2.18. The second-order valence-electron chi connectivity index (χ2n) is 6.01. The van der Waals surface area contributed by atoms with E-state index >= 15 is 0 Å². The van der Waals surface area contributed by atoms with E-state index in [1.165, 1.54) is 18.3 Å². The molecule has 4 nitrogen and oxygen atoms in total. The number of benzene rings is 2. The molecule has 3 aromatic rings. The van der Waals surface area contributed by atoms with Gasteiger partial charge in [-0.3, -0.25) is 9.78 Å². The molecule has 0 unspecified atom stereocenters. The quantitative estimate of drug-likeness (QED) is 0.630. The second-order valence-corrected chi connectivity index (χ2v) is 6.01. The molecule has 1 heterocycles. The van der Waals surface area contributed by atoms with Gasteiger partial charge in [0.2, 0.25) is 0 Å². The van der Waals surface area contributed by atoms with Gasteiger partial charge in [0.1, 0.15) is 5.69 Å². The van der Waals surface area contributed by atoms with Crippen LogP contribution in [0.2, 0.25) is 0 Å². The number of nitrogens with zero attached hydrogens (tertiary/aromatic N) is 2. The number of alkyl halides is 3. The Labute approximate surface area is 160 Å². The van der Waals surface area contributed by atoms with Crippen LogP contribution in [-0.2, 0) is 6.18 Å². The first kappa shape index (κ1) is 19.4. The Kier molecular flexibility index (Phi) is 5.63. The van der Waals surface area contributed by atoms with Crippen molar-refractivity contribution in [3.05, 3.63) is 84.2 Å². The van der Waals surface area contributed by atoms with Gasteiger partial charge < -0.3 is 10.2 Å². The highest BCUT2D eigenvalue weighted by atomic mass is 19.4. The fraction of sp³-hybridized carbons (Fsp3) is 0.143. The molecule has 1 amide bonds. The van der Waals surface area contributed by atoms with E-state index in [-0.39, 0.29) is 11.4 Å². The lowest BCUT2D eigenvalue weighted by Gasteiger charge is -2.23. The molecule has 2 aromatic carbocycles. The van der Waals surface area contributed by atoms with Gasteiger partial charge in [-0.1, -0.05) is 18.2 Å². The van der Waals surface area contributed by atoms with Crippen molar-refractivity contribution in [1.29, 1.82) is 0 Å². The monoisotopic (exact) mass is 385 g/mol. The summed E-state index contributed by atoms with van der Waals surface area (Å²) in [5, 5.41) is 2.57. The fourth-order valence-electron chi connectivity index (χ4n) is 2.77. The average Bonchev–Trinajstić information content (AvgIpc) is 2.69. The number of carbonyl (C=O) groups excluding carboxylic acids is 1. The van der Waals surface area contributed by atoms with E-state index < -0.39 is 17.6 Å². The minimum Gasteiger partial charge on any atom is -0.342 e. The van der Waals surface area contributed by atoms with Gasteiger partial charge in [0.25, 0.3) is 5.91 Å². The zero-order valence-corrected chi connectivity index (χ0v) is 15.1. The van der Waals surface area contributed by atoms with E-state index in [0.29, 0.717) is 6.54 Å². The number of rotatable bonds is 5. The number of pyridine rings is 1. The normalized spacial score (nSPS) is 11.1. The number of carbonyl (C=O) groups is 1. The minimum absolute atomic E-state index is 0.173. The van der Waals surface area contributed by atoms with Crippen molar-refractivity contribution in [2.75, 3.05) is 16.8 Å². The third-order valence-corrected chi connectivity index (χ3v) is 4.14. The molecule has 1 N–H and O–H groups in total. The number of nitrogens with one attached hydrogen (secondary N) is 1. The van der Waals surface area contributed by atoms with Crippen molar-refractivity contribution in [3.63, 3.8) is 0 Å². The summed E-state index contributed by atoms with van der Waals surface area (Å²) < 4.78 is 37.9. The van der Waals surface area contributed by atoms with Crippen LogP contribution in [0, 0.1) is 0 Å². The number of anilines is 3. The van der Waals surface area contributed by atoms with Crippen LogP contribution in [0.15, 0.2) is 72.9 Å². The summed E-state index contributed by atoms with van der Waals surface area (Å²) in [6.45, 7) is 2.68. The highest BCUT2D eigenvalue weighted by Gasteiger charge is 2.30. The van der Waals surface area contributed by atoms with Crippen LogP contribution in [0.1, 0.15) is 23.0 Å². The van der Waals surface area contributed by atoms with Crippen molar-refractivity contribution in [1.82, 2.24) is 4.98 Å². The molecule has 0 aliphatic heterocycles. The number of hydrogen-bond acceptors (Lipinski definition) is 3. The number of amides is 1. The molecule has 28 heavy (non-hydrogen) atoms. The number of aromatic nitrogens is 1. The Balaban J connectivity index is 1.79. The van der Waals surface area contributed by atoms with Gasteiger partial charge in [-0.2, -0.15) is 13.2 Å².